The quantitative estimate of drug-likeness (QED) is 0.686. The van der Waals surface area contributed by atoms with Crippen molar-refractivity contribution in [2.75, 3.05) is 45.1 Å². The number of rotatable bonds is 8. The van der Waals surface area contributed by atoms with Crippen molar-refractivity contribution >= 4 is 11.8 Å². The van der Waals surface area contributed by atoms with Crippen LogP contribution < -0.4 is 5.32 Å². The Hall–Kier alpha value is 0.230. The minimum Gasteiger partial charge on any atom is -0.382 e. The lowest BCUT2D eigenvalue weighted by Crippen LogP contribution is -2.50. The molecule has 1 aliphatic rings. The molecule has 1 N–H and O–H groups in total. The van der Waals surface area contributed by atoms with Crippen molar-refractivity contribution in [3.63, 3.8) is 0 Å². The highest BCUT2D eigenvalue weighted by molar-refractivity contribution is 8.00. The number of hydrogen-bond acceptors (Lipinski definition) is 4. The zero-order valence-electron chi connectivity index (χ0n) is 12.5. The summed E-state index contributed by atoms with van der Waals surface area (Å²) in [6.45, 7) is 15.4. The first-order chi connectivity index (χ1) is 8.55. The summed E-state index contributed by atoms with van der Waals surface area (Å²) in [6, 6.07) is 0.636. The summed E-state index contributed by atoms with van der Waals surface area (Å²) in [6.07, 6.45) is 1.11. The van der Waals surface area contributed by atoms with E-state index in [1.807, 2.05) is 6.92 Å². The number of nitrogens with one attached hydrogen (secondary N) is 1. The van der Waals surface area contributed by atoms with Crippen molar-refractivity contribution in [2.45, 2.75) is 44.9 Å². The first-order valence-corrected chi connectivity index (χ1v) is 8.20. The molecule has 0 aromatic heterocycles. The van der Waals surface area contributed by atoms with Gasteiger partial charge in [-0.25, -0.2) is 0 Å². The molecule has 108 valence electrons. The van der Waals surface area contributed by atoms with E-state index >= 15 is 0 Å². The summed E-state index contributed by atoms with van der Waals surface area (Å²) >= 11 is 2.10. The van der Waals surface area contributed by atoms with Crippen LogP contribution in [0.5, 0.6) is 0 Å². The van der Waals surface area contributed by atoms with E-state index < -0.39 is 0 Å². The van der Waals surface area contributed by atoms with Crippen LogP contribution in [0.3, 0.4) is 0 Å². The lowest BCUT2D eigenvalue weighted by atomic mass is 10.1. The van der Waals surface area contributed by atoms with Crippen molar-refractivity contribution in [1.82, 2.24) is 10.2 Å². The molecule has 1 atom stereocenters. The smallest absolute Gasteiger partial charge is 0.0477 e. The maximum Gasteiger partial charge on any atom is 0.0477 e. The van der Waals surface area contributed by atoms with Crippen LogP contribution in [-0.4, -0.2) is 60.8 Å². The molecule has 0 spiro atoms. The second kappa shape index (κ2) is 8.41. The van der Waals surface area contributed by atoms with Crippen LogP contribution >= 0.6 is 11.8 Å². The summed E-state index contributed by atoms with van der Waals surface area (Å²) in [4.78, 5) is 2.62. The van der Waals surface area contributed by atoms with Gasteiger partial charge in [-0.05, 0) is 40.7 Å². The Morgan fingerprint density at radius 1 is 1.44 bits per heavy atom. The summed E-state index contributed by atoms with van der Waals surface area (Å²) in [5, 5.41) is 3.54. The Bertz CT molecular complexity index is 224. The molecule has 1 saturated heterocycles. The molecule has 0 aliphatic carbocycles. The predicted molar refractivity (Wildman–Crippen MR) is 81.6 cm³/mol. The second-order valence-electron chi connectivity index (χ2n) is 5.68. The van der Waals surface area contributed by atoms with Crippen LogP contribution in [0.15, 0.2) is 0 Å². The van der Waals surface area contributed by atoms with Gasteiger partial charge < -0.3 is 10.1 Å². The topological polar surface area (TPSA) is 24.5 Å². The Morgan fingerprint density at radius 3 is 2.89 bits per heavy atom. The summed E-state index contributed by atoms with van der Waals surface area (Å²) in [5.74, 6) is 1.27. The first-order valence-electron chi connectivity index (χ1n) is 7.21. The molecule has 1 rings (SSSR count). The number of hydrogen-bond donors (Lipinski definition) is 1. The molecule has 3 nitrogen and oxygen atoms in total. The van der Waals surface area contributed by atoms with E-state index in [1.54, 1.807) is 0 Å². The molecule has 1 fully saturated rings. The molecule has 1 heterocycles. The van der Waals surface area contributed by atoms with Crippen molar-refractivity contribution in [1.29, 1.82) is 0 Å². The average molecular weight is 274 g/mol. The van der Waals surface area contributed by atoms with E-state index in [2.05, 4.69) is 42.7 Å². The highest BCUT2D eigenvalue weighted by Crippen LogP contribution is 2.30. The third-order valence-corrected chi connectivity index (χ3v) is 4.66. The summed E-state index contributed by atoms with van der Waals surface area (Å²) in [7, 11) is 0. The van der Waals surface area contributed by atoms with Crippen molar-refractivity contribution < 1.29 is 4.74 Å². The zero-order chi connectivity index (χ0) is 13.4. The predicted octanol–water partition coefficient (Wildman–Crippen LogP) is 2.22. The SMILES string of the molecule is CCOCCCNCC(C)N1CCSC(C)(C)C1. The number of ether oxygens (including phenoxy) is 1. The molecule has 0 aromatic rings. The molecule has 0 aromatic carbocycles. The van der Waals surface area contributed by atoms with E-state index in [0.717, 1.165) is 32.7 Å². The molecule has 0 radical (unpaired) electrons. The number of thioether (sulfide) groups is 1. The molecule has 0 amide bonds. The average Bonchev–Trinajstić information content (AvgIpc) is 2.32. The normalized spacial score (nSPS) is 22.0. The third kappa shape index (κ3) is 6.41. The minimum absolute atomic E-state index is 0.418. The molecule has 1 aliphatic heterocycles. The Balaban J connectivity index is 2.10. The van der Waals surface area contributed by atoms with Gasteiger partial charge in [-0.15, -0.1) is 0 Å². The summed E-state index contributed by atoms with van der Waals surface area (Å²) < 4.78 is 5.75. The molecule has 0 bridgehead atoms. The van der Waals surface area contributed by atoms with Gasteiger partial charge in [0.25, 0.3) is 0 Å². The Morgan fingerprint density at radius 2 is 2.22 bits per heavy atom. The van der Waals surface area contributed by atoms with Gasteiger partial charge >= 0.3 is 0 Å². The van der Waals surface area contributed by atoms with Gasteiger partial charge in [0.05, 0.1) is 0 Å². The second-order valence-corrected chi connectivity index (χ2v) is 7.48. The monoisotopic (exact) mass is 274 g/mol. The van der Waals surface area contributed by atoms with Gasteiger partial charge in [0.2, 0.25) is 0 Å². The van der Waals surface area contributed by atoms with E-state index in [9.17, 15) is 0 Å². The fourth-order valence-corrected chi connectivity index (χ4v) is 3.45. The Labute approximate surface area is 117 Å². The maximum atomic E-state index is 5.33. The molecular formula is C14H30N2OS. The van der Waals surface area contributed by atoms with Gasteiger partial charge in [0.15, 0.2) is 0 Å². The van der Waals surface area contributed by atoms with Gasteiger partial charge in [0.1, 0.15) is 0 Å². The zero-order valence-corrected chi connectivity index (χ0v) is 13.3. The van der Waals surface area contributed by atoms with E-state index in [-0.39, 0.29) is 0 Å². The highest BCUT2D eigenvalue weighted by Gasteiger charge is 2.29. The van der Waals surface area contributed by atoms with Gasteiger partial charge in [-0.1, -0.05) is 0 Å². The lowest BCUT2D eigenvalue weighted by Gasteiger charge is -2.40. The third-order valence-electron chi connectivity index (χ3n) is 3.36. The van der Waals surface area contributed by atoms with Crippen molar-refractivity contribution in [3.05, 3.63) is 0 Å². The van der Waals surface area contributed by atoms with E-state index in [1.165, 1.54) is 18.8 Å². The van der Waals surface area contributed by atoms with Gasteiger partial charge in [-0.2, -0.15) is 11.8 Å². The molecule has 18 heavy (non-hydrogen) atoms. The molecule has 0 saturated carbocycles. The maximum absolute atomic E-state index is 5.33. The van der Waals surface area contributed by atoms with Gasteiger partial charge in [0, 0.05) is 49.4 Å². The fraction of sp³-hybridized carbons (Fsp3) is 1.00. The van der Waals surface area contributed by atoms with Crippen LogP contribution in [0.2, 0.25) is 0 Å². The van der Waals surface area contributed by atoms with Gasteiger partial charge in [-0.3, -0.25) is 4.90 Å². The first kappa shape index (κ1) is 16.3. The number of nitrogens with zero attached hydrogens (tertiary/aromatic N) is 1. The molecular weight excluding hydrogens is 244 g/mol. The highest BCUT2D eigenvalue weighted by atomic mass is 32.2. The van der Waals surface area contributed by atoms with Crippen LogP contribution in [0.1, 0.15) is 34.1 Å². The minimum atomic E-state index is 0.418. The van der Waals surface area contributed by atoms with Crippen LogP contribution in [0, 0.1) is 0 Å². The van der Waals surface area contributed by atoms with E-state index in [4.69, 9.17) is 4.74 Å². The van der Waals surface area contributed by atoms with Crippen LogP contribution in [-0.2, 0) is 4.74 Å². The fourth-order valence-electron chi connectivity index (χ4n) is 2.31. The standard InChI is InChI=1S/C14H30N2OS/c1-5-17-9-6-7-15-11-13(2)16-8-10-18-14(3,4)12-16/h13,15H,5-12H2,1-4H3. The van der Waals surface area contributed by atoms with Crippen LogP contribution in [0.4, 0.5) is 0 Å². The van der Waals surface area contributed by atoms with Crippen molar-refractivity contribution in [2.24, 2.45) is 0 Å². The molecule has 1 unspecified atom stereocenters. The molecule has 4 heteroatoms. The Kier molecular flexibility index (Phi) is 7.61. The van der Waals surface area contributed by atoms with Crippen LogP contribution in [0.25, 0.3) is 0 Å². The van der Waals surface area contributed by atoms with Crippen molar-refractivity contribution in [3.8, 4) is 0 Å². The summed E-state index contributed by atoms with van der Waals surface area (Å²) in [5.41, 5.74) is 0. The lowest BCUT2D eigenvalue weighted by molar-refractivity contribution is 0.143. The largest absolute Gasteiger partial charge is 0.382 e. The van der Waals surface area contributed by atoms with E-state index in [0.29, 0.717) is 10.8 Å².